The van der Waals surface area contributed by atoms with Crippen LogP contribution >= 0.6 is 0 Å². The minimum atomic E-state index is 0.0724. The number of aromatic nitrogens is 2. The first-order valence-corrected chi connectivity index (χ1v) is 7.89. The second-order valence-electron chi connectivity index (χ2n) is 4.97. The van der Waals surface area contributed by atoms with E-state index in [0.717, 1.165) is 6.42 Å². The van der Waals surface area contributed by atoms with Crippen LogP contribution in [0.1, 0.15) is 13.3 Å². The third-order valence-corrected chi connectivity index (χ3v) is 3.39. The zero-order valence-corrected chi connectivity index (χ0v) is 14.3. The number of anilines is 1. The Morgan fingerprint density at radius 2 is 1.79 bits per heavy atom. The Morgan fingerprint density at radius 3 is 2.46 bits per heavy atom. The number of nitrogens with one attached hydrogen (secondary N) is 2. The SMILES string of the molecule is CCC(NCCOc1cccc(OC)c1OC)Nc1ncccn1. The van der Waals surface area contributed by atoms with Gasteiger partial charge in [-0.25, -0.2) is 9.97 Å². The Balaban J connectivity index is 1.81. The summed E-state index contributed by atoms with van der Waals surface area (Å²) in [5.74, 6) is 2.51. The number of ether oxygens (including phenoxy) is 3. The van der Waals surface area contributed by atoms with Crippen LogP contribution in [-0.2, 0) is 0 Å². The van der Waals surface area contributed by atoms with Crippen LogP contribution in [-0.4, -0.2) is 43.5 Å². The van der Waals surface area contributed by atoms with Gasteiger partial charge in [0.2, 0.25) is 11.7 Å². The van der Waals surface area contributed by atoms with Crippen LogP contribution in [0.15, 0.2) is 36.7 Å². The summed E-state index contributed by atoms with van der Waals surface area (Å²) in [6.07, 6.45) is 4.38. The average Bonchev–Trinajstić information content (AvgIpc) is 2.64. The van der Waals surface area contributed by atoms with Crippen LogP contribution in [0.2, 0.25) is 0 Å². The summed E-state index contributed by atoms with van der Waals surface area (Å²) in [5, 5.41) is 6.60. The lowest BCUT2D eigenvalue weighted by molar-refractivity contribution is 0.278. The monoisotopic (exact) mass is 332 g/mol. The number of para-hydroxylation sites is 1. The molecule has 0 aliphatic carbocycles. The second-order valence-corrected chi connectivity index (χ2v) is 4.97. The van der Waals surface area contributed by atoms with Gasteiger partial charge in [-0.1, -0.05) is 13.0 Å². The van der Waals surface area contributed by atoms with Crippen molar-refractivity contribution in [3.63, 3.8) is 0 Å². The van der Waals surface area contributed by atoms with Gasteiger partial charge in [-0.2, -0.15) is 0 Å². The van der Waals surface area contributed by atoms with E-state index in [9.17, 15) is 0 Å². The predicted octanol–water partition coefficient (Wildman–Crippen LogP) is 2.31. The molecule has 2 rings (SSSR count). The minimum absolute atomic E-state index is 0.0724. The molecular formula is C17H24N4O3. The van der Waals surface area contributed by atoms with Crippen LogP contribution in [0.25, 0.3) is 0 Å². The van der Waals surface area contributed by atoms with Gasteiger partial charge in [0.25, 0.3) is 0 Å². The lowest BCUT2D eigenvalue weighted by Gasteiger charge is -2.19. The molecule has 0 bridgehead atoms. The smallest absolute Gasteiger partial charge is 0.223 e. The summed E-state index contributed by atoms with van der Waals surface area (Å²) < 4.78 is 16.4. The molecule has 0 saturated heterocycles. The van der Waals surface area contributed by atoms with Crippen molar-refractivity contribution in [3.8, 4) is 17.2 Å². The number of nitrogens with zero attached hydrogens (tertiary/aromatic N) is 2. The molecule has 2 N–H and O–H groups in total. The Labute approximate surface area is 142 Å². The molecule has 7 nitrogen and oxygen atoms in total. The van der Waals surface area contributed by atoms with Crippen molar-refractivity contribution in [2.75, 3.05) is 32.7 Å². The molecule has 1 aromatic heterocycles. The Hall–Kier alpha value is -2.54. The highest BCUT2D eigenvalue weighted by atomic mass is 16.5. The Morgan fingerprint density at radius 1 is 1.04 bits per heavy atom. The van der Waals surface area contributed by atoms with E-state index in [-0.39, 0.29) is 6.17 Å². The standard InChI is InChI=1S/C17H24N4O3/c1-4-15(21-17-19-9-6-10-20-17)18-11-12-24-14-8-5-7-13(22-2)16(14)23-3/h5-10,15,18H,4,11-12H2,1-3H3,(H,19,20,21). The van der Waals surface area contributed by atoms with Gasteiger partial charge in [-0.05, 0) is 24.6 Å². The van der Waals surface area contributed by atoms with Gasteiger partial charge < -0.3 is 19.5 Å². The lowest BCUT2D eigenvalue weighted by atomic mass is 10.3. The quantitative estimate of drug-likeness (QED) is 0.510. The van der Waals surface area contributed by atoms with Crippen molar-refractivity contribution >= 4 is 5.95 Å². The topological polar surface area (TPSA) is 77.5 Å². The molecule has 130 valence electrons. The zero-order chi connectivity index (χ0) is 17.2. The molecule has 0 amide bonds. The molecule has 0 spiro atoms. The summed E-state index contributed by atoms with van der Waals surface area (Å²) >= 11 is 0. The molecule has 24 heavy (non-hydrogen) atoms. The van der Waals surface area contributed by atoms with Crippen molar-refractivity contribution in [1.29, 1.82) is 0 Å². The van der Waals surface area contributed by atoms with E-state index in [1.165, 1.54) is 0 Å². The van der Waals surface area contributed by atoms with Gasteiger partial charge in [0, 0.05) is 18.9 Å². The molecule has 7 heteroatoms. The summed E-state index contributed by atoms with van der Waals surface area (Å²) in [6.45, 7) is 3.25. The Kier molecular flexibility index (Phi) is 7.10. The van der Waals surface area contributed by atoms with Gasteiger partial charge in [0.05, 0.1) is 20.4 Å². The van der Waals surface area contributed by atoms with Gasteiger partial charge >= 0.3 is 0 Å². The second kappa shape index (κ2) is 9.57. The lowest BCUT2D eigenvalue weighted by Crippen LogP contribution is -2.38. The molecule has 0 saturated carbocycles. The zero-order valence-electron chi connectivity index (χ0n) is 14.3. The van der Waals surface area contributed by atoms with Crippen LogP contribution in [0.5, 0.6) is 17.2 Å². The third-order valence-electron chi connectivity index (χ3n) is 3.39. The van der Waals surface area contributed by atoms with E-state index < -0.39 is 0 Å². The molecule has 0 aliphatic rings. The van der Waals surface area contributed by atoms with E-state index in [1.807, 2.05) is 18.2 Å². The molecule has 0 radical (unpaired) electrons. The van der Waals surface area contributed by atoms with Crippen LogP contribution in [0, 0.1) is 0 Å². The maximum Gasteiger partial charge on any atom is 0.223 e. The maximum absolute atomic E-state index is 5.79. The first-order chi connectivity index (χ1) is 11.8. The summed E-state index contributed by atoms with van der Waals surface area (Å²) in [7, 11) is 3.20. The predicted molar refractivity (Wildman–Crippen MR) is 92.8 cm³/mol. The van der Waals surface area contributed by atoms with Crippen molar-refractivity contribution in [3.05, 3.63) is 36.7 Å². The van der Waals surface area contributed by atoms with Gasteiger partial charge in [0.1, 0.15) is 6.61 Å². The number of hydrogen-bond donors (Lipinski definition) is 2. The summed E-state index contributed by atoms with van der Waals surface area (Å²) in [6, 6.07) is 7.34. The van der Waals surface area contributed by atoms with Crippen molar-refractivity contribution in [2.45, 2.75) is 19.5 Å². The number of rotatable bonds is 10. The number of hydrogen-bond acceptors (Lipinski definition) is 7. The minimum Gasteiger partial charge on any atom is -0.493 e. The molecular weight excluding hydrogens is 308 g/mol. The highest BCUT2D eigenvalue weighted by Gasteiger charge is 2.11. The van der Waals surface area contributed by atoms with Gasteiger partial charge in [0.15, 0.2) is 11.5 Å². The largest absolute Gasteiger partial charge is 0.493 e. The normalized spacial score (nSPS) is 11.6. The van der Waals surface area contributed by atoms with Crippen molar-refractivity contribution < 1.29 is 14.2 Å². The molecule has 1 unspecified atom stereocenters. The molecule has 1 atom stereocenters. The van der Waals surface area contributed by atoms with E-state index >= 15 is 0 Å². The van der Waals surface area contributed by atoms with Gasteiger partial charge in [-0.3, -0.25) is 5.32 Å². The highest BCUT2D eigenvalue weighted by molar-refractivity contribution is 5.51. The van der Waals surface area contributed by atoms with Crippen molar-refractivity contribution in [1.82, 2.24) is 15.3 Å². The first kappa shape index (κ1) is 17.8. The van der Waals surface area contributed by atoms with Crippen LogP contribution in [0.3, 0.4) is 0 Å². The molecule has 1 heterocycles. The van der Waals surface area contributed by atoms with Crippen molar-refractivity contribution in [2.24, 2.45) is 0 Å². The molecule has 0 fully saturated rings. The molecule has 0 aliphatic heterocycles. The first-order valence-electron chi connectivity index (χ1n) is 7.89. The van der Waals surface area contributed by atoms with E-state index in [1.54, 1.807) is 32.7 Å². The van der Waals surface area contributed by atoms with Crippen LogP contribution < -0.4 is 24.8 Å². The van der Waals surface area contributed by atoms with E-state index in [0.29, 0.717) is 36.3 Å². The fraction of sp³-hybridized carbons (Fsp3) is 0.412. The van der Waals surface area contributed by atoms with E-state index in [2.05, 4.69) is 27.5 Å². The van der Waals surface area contributed by atoms with Gasteiger partial charge in [-0.15, -0.1) is 0 Å². The Bertz CT molecular complexity index is 610. The fourth-order valence-electron chi connectivity index (χ4n) is 2.19. The molecule has 1 aromatic carbocycles. The van der Waals surface area contributed by atoms with Crippen LogP contribution in [0.4, 0.5) is 5.95 Å². The number of methoxy groups -OCH3 is 2. The summed E-state index contributed by atoms with van der Waals surface area (Å²) in [5.41, 5.74) is 0. The fourth-order valence-corrected chi connectivity index (χ4v) is 2.19. The highest BCUT2D eigenvalue weighted by Crippen LogP contribution is 2.36. The average molecular weight is 332 g/mol. The number of benzene rings is 1. The third kappa shape index (κ3) is 4.99. The van der Waals surface area contributed by atoms with E-state index in [4.69, 9.17) is 14.2 Å². The molecule has 2 aromatic rings. The summed E-state index contributed by atoms with van der Waals surface area (Å²) in [4.78, 5) is 8.32. The maximum atomic E-state index is 5.79.